The Bertz CT molecular complexity index is 571. The van der Waals surface area contributed by atoms with Crippen LogP contribution in [0.25, 0.3) is 0 Å². The van der Waals surface area contributed by atoms with E-state index in [0.29, 0.717) is 6.54 Å². The van der Waals surface area contributed by atoms with Gasteiger partial charge in [0.2, 0.25) is 5.91 Å². The molecule has 2 N–H and O–H groups in total. The van der Waals surface area contributed by atoms with E-state index in [1.54, 1.807) is 0 Å². The smallest absolute Gasteiger partial charge is 0.328 e. The molecule has 0 aliphatic carbocycles. The number of aromatic nitrogens is 2. The molecule has 7 heteroatoms. The van der Waals surface area contributed by atoms with Gasteiger partial charge in [0.15, 0.2) is 0 Å². The fourth-order valence-electron chi connectivity index (χ4n) is 2.46. The van der Waals surface area contributed by atoms with Crippen LogP contribution in [-0.4, -0.2) is 46.0 Å². The zero-order chi connectivity index (χ0) is 14.5. The van der Waals surface area contributed by atoms with E-state index >= 15 is 0 Å². The lowest BCUT2D eigenvalue weighted by atomic mass is 10.2. The third-order valence-electron chi connectivity index (χ3n) is 3.46. The van der Waals surface area contributed by atoms with E-state index in [9.17, 15) is 14.4 Å². The number of hydrogen-bond donors (Lipinski definition) is 2. The Morgan fingerprint density at radius 2 is 2.30 bits per heavy atom. The molecule has 7 nitrogen and oxygen atoms in total. The Morgan fingerprint density at radius 3 is 2.90 bits per heavy atom. The van der Waals surface area contributed by atoms with Gasteiger partial charge in [0.25, 0.3) is 5.56 Å². The number of carbonyl (C=O) groups is 1. The molecule has 20 heavy (non-hydrogen) atoms. The van der Waals surface area contributed by atoms with Crippen molar-refractivity contribution >= 4 is 5.91 Å². The molecule has 2 heterocycles. The van der Waals surface area contributed by atoms with Crippen LogP contribution in [0.4, 0.5) is 0 Å². The van der Waals surface area contributed by atoms with Gasteiger partial charge < -0.3 is 10.2 Å². The summed E-state index contributed by atoms with van der Waals surface area (Å²) in [6, 6.07) is 1.44. The Hall–Kier alpha value is -1.89. The van der Waals surface area contributed by atoms with Gasteiger partial charge in [-0.2, -0.15) is 0 Å². The largest absolute Gasteiger partial charge is 0.337 e. The molecular weight excluding hydrogens is 260 g/mol. The van der Waals surface area contributed by atoms with Crippen LogP contribution in [0.5, 0.6) is 0 Å². The van der Waals surface area contributed by atoms with Gasteiger partial charge in [0.1, 0.15) is 6.54 Å². The van der Waals surface area contributed by atoms with E-state index in [1.165, 1.54) is 16.8 Å². The zero-order valence-corrected chi connectivity index (χ0v) is 11.6. The monoisotopic (exact) mass is 280 g/mol. The highest BCUT2D eigenvalue weighted by molar-refractivity contribution is 5.76. The number of hydrogen-bond acceptors (Lipinski definition) is 4. The summed E-state index contributed by atoms with van der Waals surface area (Å²) in [5.74, 6) is -0.0882. The van der Waals surface area contributed by atoms with E-state index in [2.05, 4.69) is 10.3 Å². The first-order valence-corrected chi connectivity index (χ1v) is 6.91. The minimum atomic E-state index is -0.549. The van der Waals surface area contributed by atoms with Gasteiger partial charge in [0, 0.05) is 31.4 Å². The lowest BCUT2D eigenvalue weighted by Gasteiger charge is -2.28. The number of nitrogens with one attached hydrogen (secondary N) is 2. The number of carbonyl (C=O) groups excluding carboxylic acids is 1. The first kappa shape index (κ1) is 14.5. The van der Waals surface area contributed by atoms with Gasteiger partial charge in [-0.05, 0) is 19.4 Å². The lowest BCUT2D eigenvalue weighted by Crippen LogP contribution is -2.45. The molecule has 1 aliphatic rings. The number of nitrogens with zero attached hydrogens (tertiary/aromatic N) is 2. The molecule has 1 aromatic heterocycles. The first-order chi connectivity index (χ1) is 9.61. The summed E-state index contributed by atoms with van der Waals surface area (Å²) in [5, 5.41) is 3.24. The van der Waals surface area contributed by atoms with Gasteiger partial charge >= 0.3 is 5.69 Å². The summed E-state index contributed by atoms with van der Waals surface area (Å²) < 4.78 is 1.23. The van der Waals surface area contributed by atoms with Crippen molar-refractivity contribution in [1.82, 2.24) is 19.8 Å². The van der Waals surface area contributed by atoms with Crippen LogP contribution in [0.3, 0.4) is 0 Å². The number of rotatable bonds is 5. The molecule has 0 aromatic carbocycles. The maximum atomic E-state index is 12.4. The highest BCUT2D eigenvalue weighted by Crippen LogP contribution is 2.10. The van der Waals surface area contributed by atoms with E-state index in [-0.39, 0.29) is 18.5 Å². The molecule has 0 bridgehead atoms. The molecule has 1 unspecified atom stereocenters. The first-order valence-electron chi connectivity index (χ1n) is 6.91. The molecule has 0 saturated carbocycles. The van der Waals surface area contributed by atoms with Gasteiger partial charge in [-0.1, -0.05) is 6.92 Å². The molecule has 1 saturated heterocycles. The van der Waals surface area contributed by atoms with Gasteiger partial charge in [-0.25, -0.2) is 4.79 Å². The van der Waals surface area contributed by atoms with Crippen LogP contribution in [0.2, 0.25) is 0 Å². The Labute approximate surface area is 116 Å². The van der Waals surface area contributed by atoms with Crippen molar-refractivity contribution in [2.75, 3.05) is 19.6 Å². The lowest BCUT2D eigenvalue weighted by molar-refractivity contribution is -0.134. The van der Waals surface area contributed by atoms with E-state index in [1.807, 2.05) is 11.8 Å². The highest BCUT2D eigenvalue weighted by atomic mass is 16.2. The highest BCUT2D eigenvalue weighted by Gasteiger charge is 2.25. The number of amides is 1. The van der Waals surface area contributed by atoms with Gasteiger partial charge in [-0.3, -0.25) is 19.1 Å². The van der Waals surface area contributed by atoms with Crippen molar-refractivity contribution in [3.05, 3.63) is 33.1 Å². The predicted molar refractivity (Wildman–Crippen MR) is 74.6 cm³/mol. The number of H-pyrrole nitrogens is 1. The molecular formula is C13H20N4O3. The quantitative estimate of drug-likeness (QED) is 0.734. The fourth-order valence-corrected chi connectivity index (χ4v) is 2.46. The van der Waals surface area contributed by atoms with Crippen LogP contribution in [0.15, 0.2) is 21.9 Å². The maximum absolute atomic E-state index is 12.4. The van der Waals surface area contributed by atoms with E-state index in [0.717, 1.165) is 25.9 Å². The molecule has 1 amide bonds. The SMILES string of the molecule is CCCN(C(=O)Cn1ccc(=O)[nH]c1=O)C1CCNC1. The summed E-state index contributed by atoms with van der Waals surface area (Å²) >= 11 is 0. The number of aromatic amines is 1. The van der Waals surface area contributed by atoms with Crippen LogP contribution in [0, 0.1) is 0 Å². The predicted octanol–water partition coefficient (Wildman–Crippen LogP) is -0.863. The second-order valence-electron chi connectivity index (χ2n) is 4.97. The summed E-state index contributed by atoms with van der Waals surface area (Å²) in [6.45, 7) is 4.38. The average Bonchev–Trinajstić information content (AvgIpc) is 2.92. The summed E-state index contributed by atoms with van der Waals surface area (Å²) in [4.78, 5) is 39.0. The summed E-state index contributed by atoms with van der Waals surface area (Å²) in [7, 11) is 0. The summed E-state index contributed by atoms with van der Waals surface area (Å²) in [5.41, 5.74) is -1.00. The topological polar surface area (TPSA) is 87.2 Å². The van der Waals surface area contributed by atoms with Crippen LogP contribution >= 0.6 is 0 Å². The Morgan fingerprint density at radius 1 is 1.50 bits per heavy atom. The fraction of sp³-hybridized carbons (Fsp3) is 0.615. The molecule has 0 spiro atoms. The zero-order valence-electron chi connectivity index (χ0n) is 11.6. The van der Waals surface area contributed by atoms with Crippen molar-refractivity contribution in [3.63, 3.8) is 0 Å². The third kappa shape index (κ3) is 3.36. The van der Waals surface area contributed by atoms with Crippen LogP contribution in [0.1, 0.15) is 19.8 Å². The van der Waals surface area contributed by atoms with Crippen molar-refractivity contribution in [1.29, 1.82) is 0 Å². The van der Waals surface area contributed by atoms with E-state index in [4.69, 9.17) is 0 Å². The summed E-state index contributed by atoms with van der Waals surface area (Å²) in [6.07, 6.45) is 3.17. The average molecular weight is 280 g/mol. The van der Waals surface area contributed by atoms with Crippen molar-refractivity contribution in [2.45, 2.75) is 32.4 Å². The van der Waals surface area contributed by atoms with Gasteiger partial charge in [-0.15, -0.1) is 0 Å². The third-order valence-corrected chi connectivity index (χ3v) is 3.46. The molecule has 1 atom stereocenters. The normalized spacial score (nSPS) is 18.1. The Kier molecular flexibility index (Phi) is 4.73. The molecule has 1 fully saturated rings. The van der Waals surface area contributed by atoms with Crippen LogP contribution in [-0.2, 0) is 11.3 Å². The molecule has 1 aromatic rings. The van der Waals surface area contributed by atoms with Crippen LogP contribution < -0.4 is 16.6 Å². The standard InChI is InChI=1S/C13H20N4O3/c1-2-6-17(10-3-5-14-8-10)12(19)9-16-7-4-11(18)15-13(16)20/h4,7,10,14H,2-3,5-6,8-9H2,1H3,(H,15,18,20). The van der Waals surface area contributed by atoms with Gasteiger partial charge in [0.05, 0.1) is 0 Å². The minimum Gasteiger partial charge on any atom is -0.337 e. The van der Waals surface area contributed by atoms with E-state index < -0.39 is 11.2 Å². The molecule has 2 rings (SSSR count). The maximum Gasteiger partial charge on any atom is 0.328 e. The van der Waals surface area contributed by atoms with Crippen molar-refractivity contribution in [3.8, 4) is 0 Å². The van der Waals surface area contributed by atoms with Crippen molar-refractivity contribution in [2.24, 2.45) is 0 Å². The second kappa shape index (κ2) is 6.51. The minimum absolute atomic E-state index is 0.0356. The second-order valence-corrected chi connectivity index (χ2v) is 4.97. The van der Waals surface area contributed by atoms with Crippen molar-refractivity contribution < 1.29 is 4.79 Å². The molecule has 110 valence electrons. The molecule has 1 aliphatic heterocycles. The Balaban J connectivity index is 2.11. The molecule has 0 radical (unpaired) electrons.